The van der Waals surface area contributed by atoms with E-state index >= 15 is 0 Å². The van der Waals surface area contributed by atoms with Gasteiger partial charge in [0.2, 0.25) is 5.91 Å². The summed E-state index contributed by atoms with van der Waals surface area (Å²) in [5, 5.41) is 5.46. The molecule has 1 aliphatic heterocycles. The second-order valence-electron chi connectivity index (χ2n) is 7.08. The van der Waals surface area contributed by atoms with E-state index in [0.717, 1.165) is 16.0 Å². The highest BCUT2D eigenvalue weighted by Crippen LogP contribution is 2.22. The van der Waals surface area contributed by atoms with Crippen molar-refractivity contribution in [1.29, 1.82) is 0 Å². The Bertz CT molecular complexity index is 863. The van der Waals surface area contributed by atoms with E-state index in [9.17, 15) is 18.8 Å². The first-order chi connectivity index (χ1) is 13.3. The molecular weight excluding hydrogens is 361 g/mol. The van der Waals surface area contributed by atoms with Crippen LogP contribution in [-0.4, -0.2) is 29.3 Å². The van der Waals surface area contributed by atoms with E-state index in [1.165, 1.54) is 12.1 Å². The molecule has 3 rings (SSSR count). The Morgan fingerprint density at radius 3 is 2.29 bits per heavy atom. The van der Waals surface area contributed by atoms with Crippen molar-refractivity contribution in [1.82, 2.24) is 15.5 Å². The van der Waals surface area contributed by atoms with Crippen LogP contribution in [-0.2, 0) is 11.3 Å². The number of halogens is 1. The van der Waals surface area contributed by atoms with Crippen LogP contribution in [0.5, 0.6) is 0 Å². The molecule has 28 heavy (non-hydrogen) atoms. The van der Waals surface area contributed by atoms with Gasteiger partial charge in [-0.15, -0.1) is 0 Å². The Hall–Kier alpha value is -3.22. The second kappa shape index (κ2) is 8.21. The lowest BCUT2D eigenvalue weighted by atomic mass is 9.95. The number of carbonyl (C=O) groups is 3. The Labute approximate surface area is 162 Å². The summed E-state index contributed by atoms with van der Waals surface area (Å²) in [5.41, 5.74) is 2.05. The average molecular weight is 383 g/mol. The van der Waals surface area contributed by atoms with Gasteiger partial charge in [-0.25, -0.2) is 9.18 Å². The van der Waals surface area contributed by atoms with Crippen LogP contribution in [0, 0.1) is 11.7 Å². The van der Waals surface area contributed by atoms with E-state index < -0.39 is 6.03 Å². The molecule has 146 valence electrons. The van der Waals surface area contributed by atoms with Gasteiger partial charge in [-0.05, 0) is 41.3 Å². The molecule has 0 aromatic heterocycles. The van der Waals surface area contributed by atoms with Crippen LogP contribution in [0.4, 0.5) is 9.18 Å². The maximum absolute atomic E-state index is 13.2. The monoisotopic (exact) mass is 383 g/mol. The SMILES string of the molecule is CC(C)[C@@H](NC(=O)c1ccc(CN2C(=O)CNC2=O)cc1)c1ccc(F)cc1. The fourth-order valence-corrected chi connectivity index (χ4v) is 3.09. The van der Waals surface area contributed by atoms with Crippen molar-refractivity contribution in [3.8, 4) is 0 Å². The third-order valence-electron chi connectivity index (χ3n) is 4.68. The van der Waals surface area contributed by atoms with Gasteiger partial charge in [-0.2, -0.15) is 0 Å². The molecule has 0 radical (unpaired) electrons. The first kappa shape index (κ1) is 19.5. The minimum atomic E-state index is -0.411. The predicted molar refractivity (Wildman–Crippen MR) is 102 cm³/mol. The molecule has 1 heterocycles. The molecule has 1 aliphatic rings. The van der Waals surface area contributed by atoms with Crippen LogP contribution in [0.15, 0.2) is 48.5 Å². The van der Waals surface area contributed by atoms with E-state index in [0.29, 0.717) is 5.56 Å². The highest BCUT2D eigenvalue weighted by Gasteiger charge is 2.28. The fourth-order valence-electron chi connectivity index (χ4n) is 3.09. The standard InChI is InChI=1S/C21H22FN3O3/c1-13(2)19(15-7-9-17(22)10-8-15)24-20(27)16-5-3-14(4-6-16)12-25-18(26)11-23-21(25)28/h3-10,13,19H,11-12H2,1-2H3,(H,23,28)(H,24,27)/t19-/m1/s1. The van der Waals surface area contributed by atoms with Gasteiger partial charge >= 0.3 is 6.03 Å². The Morgan fingerprint density at radius 2 is 1.75 bits per heavy atom. The lowest BCUT2D eigenvalue weighted by molar-refractivity contribution is -0.125. The summed E-state index contributed by atoms with van der Waals surface area (Å²) in [5.74, 6) is -0.720. The maximum Gasteiger partial charge on any atom is 0.324 e. The van der Waals surface area contributed by atoms with Crippen LogP contribution >= 0.6 is 0 Å². The zero-order valence-electron chi connectivity index (χ0n) is 15.7. The molecule has 1 saturated heterocycles. The van der Waals surface area contributed by atoms with Gasteiger partial charge in [-0.1, -0.05) is 38.1 Å². The van der Waals surface area contributed by atoms with Crippen LogP contribution in [0.2, 0.25) is 0 Å². The summed E-state index contributed by atoms with van der Waals surface area (Å²) in [4.78, 5) is 37.1. The smallest absolute Gasteiger partial charge is 0.324 e. The van der Waals surface area contributed by atoms with E-state index in [2.05, 4.69) is 10.6 Å². The minimum Gasteiger partial charge on any atom is -0.345 e. The number of carbonyl (C=O) groups excluding carboxylic acids is 3. The summed E-state index contributed by atoms with van der Waals surface area (Å²) < 4.78 is 13.2. The molecule has 7 heteroatoms. The van der Waals surface area contributed by atoms with E-state index in [1.54, 1.807) is 36.4 Å². The van der Waals surface area contributed by atoms with Gasteiger partial charge in [0.15, 0.2) is 0 Å². The third-order valence-corrected chi connectivity index (χ3v) is 4.68. The van der Waals surface area contributed by atoms with Crippen molar-refractivity contribution < 1.29 is 18.8 Å². The molecule has 2 N–H and O–H groups in total. The van der Waals surface area contributed by atoms with Crippen molar-refractivity contribution >= 4 is 17.8 Å². The van der Waals surface area contributed by atoms with Gasteiger partial charge in [0.1, 0.15) is 5.82 Å². The van der Waals surface area contributed by atoms with Crippen LogP contribution in [0.1, 0.15) is 41.4 Å². The molecule has 2 aromatic carbocycles. The van der Waals surface area contributed by atoms with Gasteiger partial charge in [0, 0.05) is 5.56 Å². The first-order valence-corrected chi connectivity index (χ1v) is 9.08. The van der Waals surface area contributed by atoms with E-state index in [1.807, 2.05) is 13.8 Å². The quantitative estimate of drug-likeness (QED) is 0.753. The molecule has 0 unspecified atom stereocenters. The van der Waals surface area contributed by atoms with Gasteiger partial charge < -0.3 is 10.6 Å². The molecular formula is C21H22FN3O3. The highest BCUT2D eigenvalue weighted by atomic mass is 19.1. The van der Waals surface area contributed by atoms with Crippen molar-refractivity contribution in [2.75, 3.05) is 6.54 Å². The average Bonchev–Trinajstić information content (AvgIpc) is 2.99. The minimum absolute atomic E-state index is 0.0132. The van der Waals surface area contributed by atoms with Gasteiger partial charge in [0.05, 0.1) is 19.1 Å². The topological polar surface area (TPSA) is 78.5 Å². The number of imide groups is 1. The molecule has 0 bridgehead atoms. The molecule has 0 saturated carbocycles. The van der Waals surface area contributed by atoms with Crippen LogP contribution in [0.25, 0.3) is 0 Å². The Kier molecular flexibility index (Phi) is 5.73. The zero-order valence-corrected chi connectivity index (χ0v) is 15.7. The van der Waals surface area contributed by atoms with Crippen molar-refractivity contribution in [3.05, 3.63) is 71.0 Å². The molecule has 1 atom stereocenters. The van der Waals surface area contributed by atoms with Crippen LogP contribution in [0.3, 0.4) is 0 Å². The number of amides is 4. The number of urea groups is 1. The number of nitrogens with one attached hydrogen (secondary N) is 2. The summed E-state index contributed by atoms with van der Waals surface area (Å²) >= 11 is 0. The number of nitrogens with zero attached hydrogens (tertiary/aromatic N) is 1. The first-order valence-electron chi connectivity index (χ1n) is 9.08. The number of hydrogen-bond donors (Lipinski definition) is 2. The van der Waals surface area contributed by atoms with E-state index in [4.69, 9.17) is 0 Å². The van der Waals surface area contributed by atoms with Crippen molar-refractivity contribution in [2.24, 2.45) is 5.92 Å². The molecule has 4 amide bonds. The predicted octanol–water partition coefficient (Wildman–Crippen LogP) is 3.00. The van der Waals surface area contributed by atoms with E-state index in [-0.39, 0.29) is 42.7 Å². The van der Waals surface area contributed by atoms with Crippen molar-refractivity contribution in [2.45, 2.75) is 26.4 Å². The number of hydrogen-bond acceptors (Lipinski definition) is 3. The molecule has 2 aromatic rings. The Morgan fingerprint density at radius 1 is 1.11 bits per heavy atom. The lowest BCUT2D eigenvalue weighted by Crippen LogP contribution is -2.32. The lowest BCUT2D eigenvalue weighted by Gasteiger charge is -2.23. The third kappa shape index (κ3) is 4.36. The zero-order chi connectivity index (χ0) is 20.3. The summed E-state index contributed by atoms with van der Waals surface area (Å²) in [6, 6.07) is 12.2. The summed E-state index contributed by atoms with van der Waals surface area (Å²) in [6.07, 6.45) is 0. The van der Waals surface area contributed by atoms with Gasteiger partial charge in [0.25, 0.3) is 5.91 Å². The van der Waals surface area contributed by atoms with Crippen molar-refractivity contribution in [3.63, 3.8) is 0 Å². The molecule has 0 spiro atoms. The normalized spacial score (nSPS) is 14.9. The fraction of sp³-hybridized carbons (Fsp3) is 0.286. The van der Waals surface area contributed by atoms with Crippen LogP contribution < -0.4 is 10.6 Å². The summed E-state index contributed by atoms with van der Waals surface area (Å²) in [7, 11) is 0. The Balaban J connectivity index is 1.68. The highest BCUT2D eigenvalue weighted by molar-refractivity contribution is 6.01. The largest absolute Gasteiger partial charge is 0.345 e. The maximum atomic E-state index is 13.2. The summed E-state index contributed by atoms with van der Waals surface area (Å²) in [6.45, 7) is 4.14. The number of rotatable bonds is 6. The molecule has 1 fully saturated rings. The number of benzene rings is 2. The second-order valence-corrected chi connectivity index (χ2v) is 7.08. The molecule has 6 nitrogen and oxygen atoms in total. The molecule has 0 aliphatic carbocycles. The van der Waals surface area contributed by atoms with Gasteiger partial charge in [-0.3, -0.25) is 14.5 Å².